The van der Waals surface area contributed by atoms with Crippen molar-refractivity contribution in [2.24, 2.45) is 0 Å². The SMILES string of the molecule is COc1cc(Cl)c(C)cc1NC(=O)Nc1ccc(Cl)cc1C. The largest absolute Gasteiger partial charge is 0.495 e. The number of urea groups is 1. The minimum absolute atomic E-state index is 0.370. The molecule has 0 aliphatic heterocycles. The van der Waals surface area contributed by atoms with Crippen LogP contribution in [0.1, 0.15) is 11.1 Å². The molecule has 0 saturated heterocycles. The van der Waals surface area contributed by atoms with Crippen molar-refractivity contribution in [2.45, 2.75) is 13.8 Å². The molecule has 116 valence electrons. The van der Waals surface area contributed by atoms with Gasteiger partial charge in [0.05, 0.1) is 12.8 Å². The molecule has 2 aromatic carbocycles. The molecule has 0 unspecified atom stereocenters. The highest BCUT2D eigenvalue weighted by Crippen LogP contribution is 2.31. The lowest BCUT2D eigenvalue weighted by molar-refractivity contribution is 0.262. The Hall–Kier alpha value is -1.91. The highest BCUT2D eigenvalue weighted by atomic mass is 35.5. The van der Waals surface area contributed by atoms with Gasteiger partial charge in [0.25, 0.3) is 0 Å². The van der Waals surface area contributed by atoms with Crippen LogP contribution in [0.3, 0.4) is 0 Å². The molecule has 4 nitrogen and oxygen atoms in total. The third-order valence-electron chi connectivity index (χ3n) is 3.17. The van der Waals surface area contributed by atoms with Crippen molar-refractivity contribution in [1.82, 2.24) is 0 Å². The quantitative estimate of drug-likeness (QED) is 0.801. The zero-order valence-electron chi connectivity index (χ0n) is 12.5. The van der Waals surface area contributed by atoms with Crippen LogP contribution in [0.5, 0.6) is 5.75 Å². The molecule has 0 saturated carbocycles. The summed E-state index contributed by atoms with van der Waals surface area (Å²) in [4.78, 5) is 12.1. The van der Waals surface area contributed by atoms with Crippen LogP contribution in [-0.4, -0.2) is 13.1 Å². The average Bonchev–Trinajstić information content (AvgIpc) is 2.45. The standard InChI is InChI=1S/C16H16Cl2N2O2/c1-9-7-14(15(22-3)8-12(9)18)20-16(21)19-13-5-4-11(17)6-10(13)2/h4-8H,1-3H3,(H2,19,20,21). The Labute approximate surface area is 139 Å². The van der Waals surface area contributed by atoms with Gasteiger partial charge in [0.15, 0.2) is 0 Å². The van der Waals surface area contributed by atoms with Crippen LogP contribution in [0.25, 0.3) is 0 Å². The van der Waals surface area contributed by atoms with Crippen LogP contribution < -0.4 is 15.4 Å². The number of aryl methyl sites for hydroxylation is 2. The number of methoxy groups -OCH3 is 1. The molecule has 2 N–H and O–H groups in total. The van der Waals surface area contributed by atoms with Gasteiger partial charge in [0, 0.05) is 21.8 Å². The number of nitrogens with one attached hydrogen (secondary N) is 2. The molecular weight excluding hydrogens is 323 g/mol. The van der Waals surface area contributed by atoms with Crippen LogP contribution in [0.4, 0.5) is 16.2 Å². The van der Waals surface area contributed by atoms with Crippen molar-refractivity contribution >= 4 is 40.6 Å². The fraction of sp³-hybridized carbons (Fsp3) is 0.188. The molecule has 22 heavy (non-hydrogen) atoms. The Morgan fingerprint density at radius 3 is 2.32 bits per heavy atom. The summed E-state index contributed by atoms with van der Waals surface area (Å²) in [6.45, 7) is 3.72. The number of amides is 2. The van der Waals surface area contributed by atoms with Crippen molar-refractivity contribution in [1.29, 1.82) is 0 Å². The van der Waals surface area contributed by atoms with Crippen LogP contribution in [0, 0.1) is 13.8 Å². The topological polar surface area (TPSA) is 50.4 Å². The Bertz CT molecular complexity index is 718. The predicted molar refractivity (Wildman–Crippen MR) is 91.6 cm³/mol. The van der Waals surface area contributed by atoms with Crippen LogP contribution >= 0.6 is 23.2 Å². The molecule has 0 heterocycles. The summed E-state index contributed by atoms with van der Waals surface area (Å²) in [6.07, 6.45) is 0. The summed E-state index contributed by atoms with van der Waals surface area (Å²) >= 11 is 11.9. The molecule has 2 rings (SSSR count). The van der Waals surface area contributed by atoms with Gasteiger partial charge in [-0.15, -0.1) is 0 Å². The molecule has 0 bridgehead atoms. The molecule has 0 radical (unpaired) electrons. The molecule has 2 amide bonds. The van der Waals surface area contributed by atoms with Crippen LogP contribution in [0.2, 0.25) is 10.0 Å². The summed E-state index contributed by atoms with van der Waals surface area (Å²) in [5, 5.41) is 6.73. The lowest BCUT2D eigenvalue weighted by Gasteiger charge is -2.14. The van der Waals surface area contributed by atoms with Gasteiger partial charge >= 0.3 is 6.03 Å². The number of carbonyl (C=O) groups excluding carboxylic acids is 1. The van der Waals surface area contributed by atoms with E-state index in [0.29, 0.717) is 27.2 Å². The summed E-state index contributed by atoms with van der Waals surface area (Å²) in [7, 11) is 1.52. The molecule has 0 spiro atoms. The minimum atomic E-state index is -0.370. The first-order valence-electron chi connectivity index (χ1n) is 6.59. The lowest BCUT2D eigenvalue weighted by atomic mass is 10.2. The van der Waals surface area contributed by atoms with Gasteiger partial charge in [-0.25, -0.2) is 4.79 Å². The molecule has 0 atom stereocenters. The number of carbonyl (C=O) groups is 1. The van der Waals surface area contributed by atoms with E-state index in [2.05, 4.69) is 10.6 Å². The van der Waals surface area contributed by atoms with E-state index in [-0.39, 0.29) is 6.03 Å². The number of rotatable bonds is 3. The van der Waals surface area contributed by atoms with Crippen molar-refractivity contribution in [3.8, 4) is 5.75 Å². The Kier molecular flexibility index (Phi) is 5.16. The van der Waals surface area contributed by atoms with Gasteiger partial charge in [-0.05, 0) is 49.2 Å². The summed E-state index contributed by atoms with van der Waals surface area (Å²) in [5.74, 6) is 0.499. The fourth-order valence-electron chi connectivity index (χ4n) is 1.97. The second kappa shape index (κ2) is 6.90. The van der Waals surface area contributed by atoms with E-state index in [1.807, 2.05) is 13.8 Å². The smallest absolute Gasteiger partial charge is 0.323 e. The first kappa shape index (κ1) is 16.5. The summed E-state index contributed by atoms with van der Waals surface area (Å²) in [5.41, 5.74) is 2.96. The number of hydrogen-bond donors (Lipinski definition) is 2. The van der Waals surface area contributed by atoms with Gasteiger partial charge in [-0.3, -0.25) is 0 Å². The van der Waals surface area contributed by atoms with E-state index in [4.69, 9.17) is 27.9 Å². The van der Waals surface area contributed by atoms with Crippen molar-refractivity contribution < 1.29 is 9.53 Å². The fourth-order valence-corrected chi connectivity index (χ4v) is 2.35. The van der Waals surface area contributed by atoms with E-state index in [1.165, 1.54) is 7.11 Å². The third-order valence-corrected chi connectivity index (χ3v) is 3.81. The van der Waals surface area contributed by atoms with E-state index >= 15 is 0 Å². The Balaban J connectivity index is 2.17. The Morgan fingerprint density at radius 1 is 1.00 bits per heavy atom. The highest BCUT2D eigenvalue weighted by molar-refractivity contribution is 6.31. The van der Waals surface area contributed by atoms with Crippen LogP contribution in [-0.2, 0) is 0 Å². The third kappa shape index (κ3) is 3.84. The maximum atomic E-state index is 12.1. The first-order chi connectivity index (χ1) is 10.4. The second-order valence-electron chi connectivity index (χ2n) is 4.84. The zero-order chi connectivity index (χ0) is 16.3. The van der Waals surface area contributed by atoms with E-state index in [0.717, 1.165) is 11.1 Å². The number of ether oxygens (including phenoxy) is 1. The number of anilines is 2. The predicted octanol–water partition coefficient (Wildman–Crippen LogP) is 5.26. The zero-order valence-corrected chi connectivity index (χ0v) is 14.0. The molecule has 0 aliphatic rings. The monoisotopic (exact) mass is 338 g/mol. The number of hydrogen-bond acceptors (Lipinski definition) is 2. The van der Waals surface area contributed by atoms with Gasteiger partial charge in [0.2, 0.25) is 0 Å². The van der Waals surface area contributed by atoms with E-state index < -0.39 is 0 Å². The molecular formula is C16H16Cl2N2O2. The minimum Gasteiger partial charge on any atom is -0.495 e. The Morgan fingerprint density at radius 2 is 1.68 bits per heavy atom. The summed E-state index contributed by atoms with van der Waals surface area (Å²) in [6, 6.07) is 8.31. The number of benzene rings is 2. The van der Waals surface area contributed by atoms with Gasteiger partial charge in [-0.1, -0.05) is 23.2 Å². The maximum Gasteiger partial charge on any atom is 0.323 e. The molecule has 0 fully saturated rings. The second-order valence-corrected chi connectivity index (χ2v) is 5.68. The van der Waals surface area contributed by atoms with Crippen molar-refractivity contribution in [3.05, 3.63) is 51.5 Å². The molecule has 6 heteroatoms. The summed E-state index contributed by atoms with van der Waals surface area (Å²) < 4.78 is 5.23. The maximum absolute atomic E-state index is 12.1. The van der Waals surface area contributed by atoms with Gasteiger partial charge in [0.1, 0.15) is 5.75 Å². The van der Waals surface area contributed by atoms with Crippen molar-refractivity contribution in [3.63, 3.8) is 0 Å². The lowest BCUT2D eigenvalue weighted by Crippen LogP contribution is -2.20. The van der Waals surface area contributed by atoms with E-state index in [1.54, 1.807) is 30.3 Å². The number of halogens is 2. The molecule has 2 aromatic rings. The first-order valence-corrected chi connectivity index (χ1v) is 7.34. The highest BCUT2D eigenvalue weighted by Gasteiger charge is 2.11. The molecule has 0 aromatic heterocycles. The van der Waals surface area contributed by atoms with Crippen molar-refractivity contribution in [2.75, 3.05) is 17.7 Å². The van der Waals surface area contributed by atoms with Crippen LogP contribution in [0.15, 0.2) is 30.3 Å². The van der Waals surface area contributed by atoms with Gasteiger partial charge in [-0.2, -0.15) is 0 Å². The molecule has 0 aliphatic carbocycles. The van der Waals surface area contributed by atoms with Gasteiger partial charge < -0.3 is 15.4 Å². The average molecular weight is 339 g/mol. The normalized spacial score (nSPS) is 10.2. The van der Waals surface area contributed by atoms with E-state index in [9.17, 15) is 4.79 Å².